The standard InChI is InChI=1S/C27H25N3O4S/c28-17-25(21-4-2-1-3-5-21)30-27(32)22-10-12-23(13-11-22)29-26(31)16-19-8-14-24(15-9-19)35(33,34)18-20-6-7-20/h1-5,8-15,20,25H,6-7,16,18H2,(H,29,31)(H,30,32). The van der Waals surface area contributed by atoms with Gasteiger partial charge in [0, 0.05) is 11.3 Å². The van der Waals surface area contributed by atoms with Crippen LogP contribution in [0.3, 0.4) is 0 Å². The normalized spacial score (nSPS) is 13.9. The summed E-state index contributed by atoms with van der Waals surface area (Å²) in [5.74, 6) is -0.191. The molecule has 0 radical (unpaired) electrons. The second kappa shape index (κ2) is 10.5. The largest absolute Gasteiger partial charge is 0.333 e. The van der Waals surface area contributed by atoms with Crippen LogP contribution in [-0.2, 0) is 21.1 Å². The van der Waals surface area contributed by atoms with Crippen LogP contribution in [0.1, 0.15) is 40.4 Å². The van der Waals surface area contributed by atoms with Crippen molar-refractivity contribution in [3.63, 3.8) is 0 Å². The van der Waals surface area contributed by atoms with Gasteiger partial charge in [0.25, 0.3) is 5.91 Å². The Bertz CT molecular complexity index is 1340. The molecule has 35 heavy (non-hydrogen) atoms. The van der Waals surface area contributed by atoms with Gasteiger partial charge in [-0.3, -0.25) is 9.59 Å². The molecule has 8 heteroatoms. The SMILES string of the molecule is N#CC(NC(=O)c1ccc(NC(=O)Cc2ccc(S(=O)(=O)CC3CC3)cc2)cc1)c1ccccc1. The minimum Gasteiger partial charge on any atom is -0.333 e. The van der Waals surface area contributed by atoms with Gasteiger partial charge in [-0.05, 0) is 66.3 Å². The van der Waals surface area contributed by atoms with Crippen LogP contribution in [0.5, 0.6) is 0 Å². The number of nitriles is 1. The number of nitrogens with one attached hydrogen (secondary N) is 2. The van der Waals surface area contributed by atoms with Gasteiger partial charge in [0.05, 0.1) is 23.1 Å². The Labute approximate surface area is 204 Å². The summed E-state index contributed by atoms with van der Waals surface area (Å²) >= 11 is 0. The van der Waals surface area contributed by atoms with Gasteiger partial charge in [0.15, 0.2) is 9.84 Å². The Morgan fingerprint density at radius 1 is 0.943 bits per heavy atom. The van der Waals surface area contributed by atoms with Crippen LogP contribution in [0.15, 0.2) is 83.8 Å². The Kier molecular flexibility index (Phi) is 7.28. The van der Waals surface area contributed by atoms with Gasteiger partial charge in [0.2, 0.25) is 5.91 Å². The lowest BCUT2D eigenvalue weighted by Crippen LogP contribution is -2.27. The van der Waals surface area contributed by atoms with Gasteiger partial charge in [-0.25, -0.2) is 8.42 Å². The van der Waals surface area contributed by atoms with Crippen LogP contribution < -0.4 is 10.6 Å². The summed E-state index contributed by atoms with van der Waals surface area (Å²) in [4.78, 5) is 25.2. The molecule has 4 rings (SSSR count). The van der Waals surface area contributed by atoms with Crippen molar-refractivity contribution in [2.45, 2.75) is 30.2 Å². The highest BCUT2D eigenvalue weighted by Gasteiger charge is 2.29. The quantitative estimate of drug-likeness (QED) is 0.472. The van der Waals surface area contributed by atoms with Crippen LogP contribution in [0, 0.1) is 17.2 Å². The minimum absolute atomic E-state index is 0.0894. The molecule has 2 amide bonds. The van der Waals surface area contributed by atoms with Crippen LogP contribution in [0.25, 0.3) is 0 Å². The molecule has 1 saturated carbocycles. The lowest BCUT2D eigenvalue weighted by molar-refractivity contribution is -0.115. The molecule has 0 spiro atoms. The van der Waals surface area contributed by atoms with E-state index >= 15 is 0 Å². The summed E-state index contributed by atoms with van der Waals surface area (Å²) in [6.45, 7) is 0. The zero-order valence-electron chi connectivity index (χ0n) is 19.0. The summed E-state index contributed by atoms with van der Waals surface area (Å²) in [6.07, 6.45) is 2.03. The van der Waals surface area contributed by atoms with E-state index in [2.05, 4.69) is 16.7 Å². The molecule has 0 saturated heterocycles. The van der Waals surface area contributed by atoms with Gasteiger partial charge in [-0.15, -0.1) is 0 Å². The summed E-state index contributed by atoms with van der Waals surface area (Å²) in [5.41, 5.74) is 2.28. The molecule has 0 aliphatic heterocycles. The van der Waals surface area contributed by atoms with Crippen molar-refractivity contribution in [3.8, 4) is 6.07 Å². The van der Waals surface area contributed by atoms with E-state index in [1.807, 2.05) is 6.07 Å². The molecule has 0 heterocycles. The number of anilines is 1. The summed E-state index contributed by atoms with van der Waals surface area (Å²) in [6, 6.07) is 23.1. The Morgan fingerprint density at radius 2 is 1.60 bits per heavy atom. The molecule has 1 atom stereocenters. The van der Waals surface area contributed by atoms with Gasteiger partial charge in [-0.1, -0.05) is 42.5 Å². The zero-order chi connectivity index (χ0) is 24.8. The lowest BCUT2D eigenvalue weighted by Gasteiger charge is -2.12. The van der Waals surface area contributed by atoms with Crippen molar-refractivity contribution >= 4 is 27.3 Å². The number of amides is 2. The average molecular weight is 488 g/mol. The average Bonchev–Trinajstić information content (AvgIpc) is 3.67. The number of carbonyl (C=O) groups is 2. The second-order valence-electron chi connectivity index (χ2n) is 8.62. The molecular weight excluding hydrogens is 462 g/mol. The maximum absolute atomic E-state index is 12.5. The molecular formula is C27H25N3O4S. The molecule has 0 aromatic heterocycles. The van der Waals surface area contributed by atoms with Crippen molar-refractivity contribution < 1.29 is 18.0 Å². The molecule has 0 bridgehead atoms. The highest BCUT2D eigenvalue weighted by molar-refractivity contribution is 7.91. The van der Waals surface area contributed by atoms with Gasteiger partial charge < -0.3 is 10.6 Å². The first kappa shape index (κ1) is 24.2. The maximum Gasteiger partial charge on any atom is 0.252 e. The van der Waals surface area contributed by atoms with Crippen molar-refractivity contribution in [2.24, 2.45) is 5.92 Å². The van der Waals surface area contributed by atoms with Gasteiger partial charge in [-0.2, -0.15) is 5.26 Å². The fraction of sp³-hybridized carbons (Fsp3) is 0.222. The van der Waals surface area contributed by atoms with Crippen molar-refractivity contribution in [2.75, 3.05) is 11.1 Å². The number of benzene rings is 3. The van der Waals surface area contributed by atoms with E-state index in [1.165, 1.54) is 0 Å². The zero-order valence-corrected chi connectivity index (χ0v) is 19.8. The van der Waals surface area contributed by atoms with Crippen molar-refractivity contribution in [1.29, 1.82) is 5.26 Å². The third-order valence-corrected chi connectivity index (χ3v) is 7.67. The Balaban J connectivity index is 1.31. The summed E-state index contributed by atoms with van der Waals surface area (Å²) in [5, 5.41) is 14.9. The first-order valence-corrected chi connectivity index (χ1v) is 13.0. The van der Waals surface area contributed by atoms with Crippen LogP contribution >= 0.6 is 0 Å². The van der Waals surface area contributed by atoms with Crippen LogP contribution in [0.4, 0.5) is 5.69 Å². The number of sulfone groups is 1. The first-order chi connectivity index (χ1) is 16.8. The topological polar surface area (TPSA) is 116 Å². The van der Waals surface area contributed by atoms with Crippen LogP contribution in [0.2, 0.25) is 0 Å². The maximum atomic E-state index is 12.5. The van der Waals surface area contributed by atoms with E-state index in [-0.39, 0.29) is 28.9 Å². The smallest absolute Gasteiger partial charge is 0.252 e. The van der Waals surface area contributed by atoms with E-state index in [9.17, 15) is 23.3 Å². The molecule has 1 aliphatic rings. The molecule has 1 fully saturated rings. The Hall–Kier alpha value is -3.96. The lowest BCUT2D eigenvalue weighted by atomic mass is 10.1. The molecule has 1 aliphatic carbocycles. The number of rotatable bonds is 9. The molecule has 3 aromatic carbocycles. The minimum atomic E-state index is -3.28. The van der Waals surface area contributed by atoms with Gasteiger partial charge >= 0.3 is 0 Å². The number of carbonyl (C=O) groups excluding carboxylic acids is 2. The second-order valence-corrected chi connectivity index (χ2v) is 10.7. The third kappa shape index (κ3) is 6.55. The molecule has 3 aromatic rings. The molecule has 2 N–H and O–H groups in total. The number of hydrogen-bond donors (Lipinski definition) is 2. The fourth-order valence-corrected chi connectivity index (χ4v) is 5.35. The highest BCUT2D eigenvalue weighted by atomic mass is 32.2. The van der Waals surface area contributed by atoms with E-state index in [0.717, 1.165) is 12.8 Å². The number of hydrogen-bond acceptors (Lipinski definition) is 5. The third-order valence-electron chi connectivity index (χ3n) is 5.77. The molecule has 7 nitrogen and oxygen atoms in total. The first-order valence-electron chi connectivity index (χ1n) is 11.3. The molecule has 1 unspecified atom stereocenters. The summed E-state index contributed by atoms with van der Waals surface area (Å²) < 4.78 is 24.7. The van der Waals surface area contributed by atoms with Crippen LogP contribution in [-0.4, -0.2) is 26.0 Å². The van der Waals surface area contributed by atoms with E-state index < -0.39 is 21.8 Å². The predicted octanol–water partition coefficient (Wildman–Crippen LogP) is 4.05. The van der Waals surface area contributed by atoms with E-state index in [0.29, 0.717) is 22.4 Å². The van der Waals surface area contributed by atoms with E-state index in [1.54, 1.807) is 72.8 Å². The van der Waals surface area contributed by atoms with Crippen molar-refractivity contribution in [1.82, 2.24) is 5.32 Å². The van der Waals surface area contributed by atoms with Gasteiger partial charge in [0.1, 0.15) is 6.04 Å². The predicted molar refractivity (Wildman–Crippen MR) is 132 cm³/mol. The summed E-state index contributed by atoms with van der Waals surface area (Å²) in [7, 11) is -3.28. The van der Waals surface area contributed by atoms with E-state index in [4.69, 9.17) is 0 Å². The highest BCUT2D eigenvalue weighted by Crippen LogP contribution is 2.32. The molecule has 178 valence electrons. The number of nitrogens with zero attached hydrogens (tertiary/aromatic N) is 1. The van der Waals surface area contributed by atoms with Crippen molar-refractivity contribution in [3.05, 3.63) is 95.6 Å². The monoisotopic (exact) mass is 487 g/mol. The fourth-order valence-electron chi connectivity index (χ4n) is 3.65. The Morgan fingerprint density at radius 3 is 2.20 bits per heavy atom.